The van der Waals surface area contributed by atoms with Crippen molar-refractivity contribution < 1.29 is 14.0 Å². The summed E-state index contributed by atoms with van der Waals surface area (Å²) in [5.41, 5.74) is 1.88. The van der Waals surface area contributed by atoms with Crippen molar-refractivity contribution in [2.24, 2.45) is 0 Å². The number of aryl methyl sites for hydroxylation is 1. The lowest BCUT2D eigenvalue weighted by Crippen LogP contribution is -2.51. The fourth-order valence-electron chi connectivity index (χ4n) is 2.67. The molecular formula is C18H19FN4O2. The molecule has 1 fully saturated rings. The van der Waals surface area contributed by atoms with E-state index in [2.05, 4.69) is 15.2 Å². The summed E-state index contributed by atoms with van der Waals surface area (Å²) in [5, 5.41) is 2.52. The van der Waals surface area contributed by atoms with Crippen LogP contribution in [0.2, 0.25) is 0 Å². The number of halogens is 1. The van der Waals surface area contributed by atoms with Gasteiger partial charge in [-0.25, -0.2) is 9.37 Å². The Kier molecular flexibility index (Phi) is 4.92. The van der Waals surface area contributed by atoms with E-state index in [-0.39, 0.29) is 5.82 Å². The summed E-state index contributed by atoms with van der Waals surface area (Å²) in [5.74, 6) is -1.18. The molecular weight excluding hydrogens is 323 g/mol. The molecule has 0 spiro atoms. The van der Waals surface area contributed by atoms with Gasteiger partial charge in [0, 0.05) is 38.1 Å². The van der Waals surface area contributed by atoms with Gasteiger partial charge in [-0.05, 0) is 42.8 Å². The molecule has 0 saturated carbocycles. The van der Waals surface area contributed by atoms with Gasteiger partial charge in [0.15, 0.2) is 0 Å². The van der Waals surface area contributed by atoms with Crippen molar-refractivity contribution in [2.75, 3.05) is 36.4 Å². The molecule has 2 amide bonds. The lowest BCUT2D eigenvalue weighted by molar-refractivity contribution is -0.143. The van der Waals surface area contributed by atoms with Crippen LogP contribution >= 0.6 is 0 Å². The summed E-state index contributed by atoms with van der Waals surface area (Å²) >= 11 is 0. The van der Waals surface area contributed by atoms with Gasteiger partial charge in [0.2, 0.25) is 0 Å². The summed E-state index contributed by atoms with van der Waals surface area (Å²) in [6.45, 7) is 3.95. The number of hydrogen-bond donors (Lipinski definition) is 1. The van der Waals surface area contributed by atoms with Gasteiger partial charge in [0.05, 0.1) is 0 Å². The minimum absolute atomic E-state index is 0.279. The lowest BCUT2D eigenvalue weighted by Gasteiger charge is -2.35. The van der Waals surface area contributed by atoms with Crippen molar-refractivity contribution in [3.63, 3.8) is 0 Å². The molecule has 0 unspecified atom stereocenters. The van der Waals surface area contributed by atoms with Gasteiger partial charge in [0.1, 0.15) is 11.6 Å². The third-order valence-corrected chi connectivity index (χ3v) is 4.11. The summed E-state index contributed by atoms with van der Waals surface area (Å²) in [6.07, 6.45) is 1.63. The number of anilines is 2. The first kappa shape index (κ1) is 16.9. The molecule has 25 heavy (non-hydrogen) atoms. The number of nitrogens with one attached hydrogen (secondary N) is 1. The van der Waals surface area contributed by atoms with Crippen molar-refractivity contribution in [2.45, 2.75) is 6.92 Å². The molecule has 0 aliphatic carbocycles. The molecule has 2 heterocycles. The molecule has 3 rings (SSSR count). The van der Waals surface area contributed by atoms with Gasteiger partial charge in [-0.1, -0.05) is 6.07 Å². The number of carbonyl (C=O) groups is 2. The molecule has 1 aromatic heterocycles. The summed E-state index contributed by atoms with van der Waals surface area (Å²) < 4.78 is 13.0. The zero-order valence-corrected chi connectivity index (χ0v) is 13.9. The highest BCUT2D eigenvalue weighted by Crippen LogP contribution is 2.17. The third kappa shape index (κ3) is 4.12. The van der Waals surface area contributed by atoms with E-state index in [9.17, 15) is 14.0 Å². The number of piperazine rings is 1. The van der Waals surface area contributed by atoms with Crippen LogP contribution in [-0.2, 0) is 9.59 Å². The second kappa shape index (κ2) is 7.29. The van der Waals surface area contributed by atoms with Gasteiger partial charge < -0.3 is 15.1 Å². The van der Waals surface area contributed by atoms with Gasteiger partial charge in [0.25, 0.3) is 0 Å². The molecule has 130 valence electrons. The SMILES string of the molecule is Cc1ccc(NC(=O)C(=O)N2CCN(c3ccc(F)cc3)CC2)nc1. The van der Waals surface area contributed by atoms with Crippen LogP contribution in [0.25, 0.3) is 0 Å². The summed E-state index contributed by atoms with van der Waals surface area (Å²) in [7, 11) is 0. The van der Waals surface area contributed by atoms with Crippen LogP contribution in [0, 0.1) is 12.7 Å². The zero-order valence-electron chi connectivity index (χ0n) is 13.9. The molecule has 1 saturated heterocycles. The lowest BCUT2D eigenvalue weighted by atomic mass is 10.2. The predicted molar refractivity (Wildman–Crippen MR) is 92.8 cm³/mol. The molecule has 7 heteroatoms. The Hall–Kier alpha value is -2.96. The molecule has 0 radical (unpaired) electrons. The van der Waals surface area contributed by atoms with E-state index >= 15 is 0 Å². The van der Waals surface area contributed by atoms with Crippen LogP contribution in [-0.4, -0.2) is 47.9 Å². The maximum absolute atomic E-state index is 13.0. The zero-order chi connectivity index (χ0) is 17.8. The first-order chi connectivity index (χ1) is 12.0. The van der Waals surface area contributed by atoms with E-state index in [0.29, 0.717) is 32.0 Å². The Bertz CT molecular complexity index is 754. The number of hydrogen-bond acceptors (Lipinski definition) is 4. The van der Waals surface area contributed by atoms with Crippen molar-refractivity contribution in [1.29, 1.82) is 0 Å². The maximum atomic E-state index is 13.0. The Labute approximate surface area is 145 Å². The van der Waals surface area contributed by atoms with Crippen LogP contribution in [0.1, 0.15) is 5.56 Å². The molecule has 0 atom stereocenters. The van der Waals surface area contributed by atoms with Crippen LogP contribution < -0.4 is 10.2 Å². The van der Waals surface area contributed by atoms with E-state index in [0.717, 1.165) is 11.3 Å². The summed E-state index contributed by atoms with van der Waals surface area (Å²) in [4.78, 5) is 32.0. The number of nitrogens with zero attached hydrogens (tertiary/aromatic N) is 3. The minimum Gasteiger partial charge on any atom is -0.368 e. The van der Waals surface area contributed by atoms with E-state index in [1.54, 1.807) is 24.4 Å². The molecule has 1 aliphatic rings. The molecule has 2 aromatic rings. The Morgan fingerprint density at radius 1 is 1.04 bits per heavy atom. The molecule has 1 N–H and O–H groups in total. The van der Waals surface area contributed by atoms with Gasteiger partial charge in [-0.2, -0.15) is 0 Å². The number of aromatic nitrogens is 1. The first-order valence-electron chi connectivity index (χ1n) is 8.06. The van der Waals surface area contributed by atoms with Crippen molar-refractivity contribution in [3.8, 4) is 0 Å². The largest absolute Gasteiger partial charge is 0.368 e. The normalized spacial score (nSPS) is 14.3. The van der Waals surface area contributed by atoms with E-state index in [4.69, 9.17) is 0 Å². The van der Waals surface area contributed by atoms with Crippen molar-refractivity contribution in [1.82, 2.24) is 9.88 Å². The highest BCUT2D eigenvalue weighted by Gasteiger charge is 2.26. The average Bonchev–Trinajstić information content (AvgIpc) is 2.64. The van der Waals surface area contributed by atoms with Gasteiger partial charge in [-0.15, -0.1) is 0 Å². The molecule has 1 aliphatic heterocycles. The summed E-state index contributed by atoms with van der Waals surface area (Å²) in [6, 6.07) is 9.72. The number of amides is 2. The Balaban J connectivity index is 1.54. The quantitative estimate of drug-likeness (QED) is 0.846. The number of benzene rings is 1. The first-order valence-corrected chi connectivity index (χ1v) is 8.06. The van der Waals surface area contributed by atoms with Crippen LogP contribution in [0.15, 0.2) is 42.6 Å². The predicted octanol–water partition coefficient (Wildman–Crippen LogP) is 1.82. The van der Waals surface area contributed by atoms with E-state index in [1.807, 2.05) is 13.0 Å². The molecule has 1 aromatic carbocycles. The van der Waals surface area contributed by atoms with E-state index < -0.39 is 11.8 Å². The standard InChI is InChI=1S/C18H19FN4O2/c1-13-2-7-16(20-12-13)21-17(24)18(25)23-10-8-22(9-11-23)15-5-3-14(19)4-6-15/h2-7,12H,8-11H2,1H3,(H,20,21,24). The fourth-order valence-corrected chi connectivity index (χ4v) is 2.67. The fraction of sp³-hybridized carbons (Fsp3) is 0.278. The highest BCUT2D eigenvalue weighted by atomic mass is 19.1. The monoisotopic (exact) mass is 342 g/mol. The number of carbonyl (C=O) groups excluding carboxylic acids is 2. The number of rotatable bonds is 2. The molecule has 6 nitrogen and oxygen atoms in total. The molecule has 0 bridgehead atoms. The van der Waals surface area contributed by atoms with Gasteiger partial charge >= 0.3 is 11.8 Å². The van der Waals surface area contributed by atoms with Crippen LogP contribution in [0.3, 0.4) is 0 Å². The second-order valence-corrected chi connectivity index (χ2v) is 5.93. The third-order valence-electron chi connectivity index (χ3n) is 4.11. The highest BCUT2D eigenvalue weighted by molar-refractivity contribution is 6.39. The van der Waals surface area contributed by atoms with Gasteiger partial charge in [-0.3, -0.25) is 9.59 Å². The Morgan fingerprint density at radius 2 is 1.72 bits per heavy atom. The maximum Gasteiger partial charge on any atom is 0.315 e. The second-order valence-electron chi connectivity index (χ2n) is 5.93. The van der Waals surface area contributed by atoms with E-state index in [1.165, 1.54) is 17.0 Å². The van der Waals surface area contributed by atoms with Crippen LogP contribution in [0.5, 0.6) is 0 Å². The average molecular weight is 342 g/mol. The van der Waals surface area contributed by atoms with Crippen molar-refractivity contribution in [3.05, 3.63) is 54.0 Å². The smallest absolute Gasteiger partial charge is 0.315 e. The van der Waals surface area contributed by atoms with Crippen molar-refractivity contribution >= 4 is 23.3 Å². The number of pyridine rings is 1. The topological polar surface area (TPSA) is 65.5 Å². The Morgan fingerprint density at radius 3 is 2.32 bits per heavy atom. The van der Waals surface area contributed by atoms with Crippen LogP contribution in [0.4, 0.5) is 15.9 Å². The minimum atomic E-state index is -0.688.